The van der Waals surface area contributed by atoms with Gasteiger partial charge in [-0.15, -0.1) is 0 Å². The summed E-state index contributed by atoms with van der Waals surface area (Å²) in [6.45, 7) is 6.52. The third-order valence-corrected chi connectivity index (χ3v) is 3.35. The molecule has 0 atom stereocenters. The Balaban J connectivity index is 2.46. The Bertz CT molecular complexity index is 581. The van der Waals surface area contributed by atoms with Gasteiger partial charge in [0.15, 0.2) is 0 Å². The smallest absolute Gasteiger partial charge is 0.127 e. The topological polar surface area (TPSA) is 30.5 Å². The Morgan fingerprint density at radius 3 is 2.52 bits per heavy atom. The lowest BCUT2D eigenvalue weighted by Gasteiger charge is -2.15. The highest BCUT2D eigenvalue weighted by atomic mass is 16.5. The second kappa shape index (κ2) is 7.70. The molecular weight excluding hydrogens is 262 g/mol. The van der Waals surface area contributed by atoms with Gasteiger partial charge in [0.05, 0.1) is 13.7 Å². The number of hydrogen-bond acceptors (Lipinski definition) is 3. The first-order valence-corrected chi connectivity index (χ1v) is 7.40. The van der Waals surface area contributed by atoms with Crippen molar-refractivity contribution in [2.24, 2.45) is 0 Å². The van der Waals surface area contributed by atoms with Crippen LogP contribution >= 0.6 is 0 Å². The number of methoxy groups -OCH3 is 1. The van der Waals surface area contributed by atoms with Crippen molar-refractivity contribution in [1.29, 1.82) is 0 Å². The van der Waals surface area contributed by atoms with Crippen molar-refractivity contribution >= 4 is 0 Å². The van der Waals surface area contributed by atoms with Gasteiger partial charge in [-0.3, -0.25) is 0 Å². The molecule has 0 saturated carbocycles. The third kappa shape index (κ3) is 3.76. The van der Waals surface area contributed by atoms with Gasteiger partial charge in [-0.1, -0.05) is 31.2 Å². The zero-order chi connectivity index (χ0) is 15.1. The molecule has 0 aliphatic heterocycles. The summed E-state index contributed by atoms with van der Waals surface area (Å²) in [5, 5.41) is 3.38. The number of ether oxygens (including phenoxy) is 2. The lowest BCUT2D eigenvalue weighted by Crippen LogP contribution is -2.12. The van der Waals surface area contributed by atoms with Crippen LogP contribution in [0.4, 0.5) is 0 Å². The van der Waals surface area contributed by atoms with Gasteiger partial charge in [-0.2, -0.15) is 0 Å². The molecule has 0 aromatic heterocycles. The van der Waals surface area contributed by atoms with Crippen molar-refractivity contribution in [1.82, 2.24) is 5.32 Å². The van der Waals surface area contributed by atoms with Crippen LogP contribution in [0.5, 0.6) is 11.5 Å². The Kier molecular flexibility index (Phi) is 5.64. The molecule has 0 bridgehead atoms. The van der Waals surface area contributed by atoms with Crippen molar-refractivity contribution in [2.75, 3.05) is 20.3 Å². The van der Waals surface area contributed by atoms with Gasteiger partial charge in [-0.05, 0) is 42.8 Å². The van der Waals surface area contributed by atoms with Crippen LogP contribution in [-0.4, -0.2) is 20.3 Å². The summed E-state index contributed by atoms with van der Waals surface area (Å²) in [6.07, 6.45) is 0. The largest absolute Gasteiger partial charge is 0.497 e. The second-order valence-electron chi connectivity index (χ2n) is 4.73. The molecular formula is C18H23NO2. The van der Waals surface area contributed by atoms with Gasteiger partial charge in [0.25, 0.3) is 0 Å². The van der Waals surface area contributed by atoms with Crippen molar-refractivity contribution in [3.05, 3.63) is 48.0 Å². The highest BCUT2D eigenvalue weighted by Crippen LogP contribution is 2.34. The fourth-order valence-corrected chi connectivity index (χ4v) is 2.34. The van der Waals surface area contributed by atoms with Crippen molar-refractivity contribution in [3.8, 4) is 22.6 Å². The van der Waals surface area contributed by atoms with Gasteiger partial charge in [0.2, 0.25) is 0 Å². The molecule has 0 aliphatic carbocycles. The Labute approximate surface area is 126 Å². The minimum Gasteiger partial charge on any atom is -0.497 e. The first kappa shape index (κ1) is 15.4. The van der Waals surface area contributed by atoms with E-state index in [0.717, 1.165) is 30.2 Å². The monoisotopic (exact) mass is 285 g/mol. The first-order valence-electron chi connectivity index (χ1n) is 7.40. The summed E-state index contributed by atoms with van der Waals surface area (Å²) in [6, 6.07) is 14.3. The van der Waals surface area contributed by atoms with E-state index in [4.69, 9.17) is 9.47 Å². The number of nitrogens with one attached hydrogen (secondary N) is 1. The molecule has 0 unspecified atom stereocenters. The molecule has 0 heterocycles. The van der Waals surface area contributed by atoms with Gasteiger partial charge in [-0.25, -0.2) is 0 Å². The third-order valence-electron chi connectivity index (χ3n) is 3.35. The van der Waals surface area contributed by atoms with E-state index < -0.39 is 0 Å². The van der Waals surface area contributed by atoms with Crippen LogP contribution in [0, 0.1) is 0 Å². The number of para-hydroxylation sites is 1. The van der Waals surface area contributed by atoms with Gasteiger partial charge in [0.1, 0.15) is 11.5 Å². The van der Waals surface area contributed by atoms with Crippen LogP contribution in [0.2, 0.25) is 0 Å². The molecule has 0 spiro atoms. The summed E-state index contributed by atoms with van der Waals surface area (Å²) in [5.41, 5.74) is 3.51. The SMILES string of the molecule is CCNCc1cc(OC)ccc1-c1ccccc1OCC. The molecule has 0 saturated heterocycles. The summed E-state index contributed by atoms with van der Waals surface area (Å²) in [7, 11) is 1.69. The molecule has 1 N–H and O–H groups in total. The molecule has 2 rings (SSSR count). The Morgan fingerprint density at radius 1 is 1.00 bits per heavy atom. The Morgan fingerprint density at radius 2 is 1.81 bits per heavy atom. The van der Waals surface area contributed by atoms with Gasteiger partial charge < -0.3 is 14.8 Å². The maximum absolute atomic E-state index is 5.76. The zero-order valence-corrected chi connectivity index (χ0v) is 13.0. The van der Waals surface area contributed by atoms with E-state index in [9.17, 15) is 0 Å². The van der Waals surface area contributed by atoms with E-state index in [1.54, 1.807) is 7.11 Å². The minimum absolute atomic E-state index is 0.662. The molecule has 3 heteroatoms. The van der Waals surface area contributed by atoms with Crippen molar-refractivity contribution < 1.29 is 9.47 Å². The summed E-state index contributed by atoms with van der Waals surface area (Å²) < 4.78 is 11.1. The van der Waals surface area contributed by atoms with Crippen LogP contribution in [0.15, 0.2) is 42.5 Å². The van der Waals surface area contributed by atoms with E-state index in [1.807, 2.05) is 31.2 Å². The summed E-state index contributed by atoms with van der Waals surface area (Å²) in [5.74, 6) is 1.79. The lowest BCUT2D eigenvalue weighted by atomic mass is 9.98. The van der Waals surface area contributed by atoms with E-state index >= 15 is 0 Å². The van der Waals surface area contributed by atoms with E-state index in [-0.39, 0.29) is 0 Å². The predicted octanol–water partition coefficient (Wildman–Crippen LogP) is 3.87. The highest BCUT2D eigenvalue weighted by molar-refractivity contribution is 5.74. The van der Waals surface area contributed by atoms with E-state index in [1.165, 1.54) is 11.1 Å². The van der Waals surface area contributed by atoms with Crippen LogP contribution in [0.3, 0.4) is 0 Å². The standard InChI is InChI=1S/C18H23NO2/c1-4-19-13-14-12-15(20-3)10-11-16(14)17-8-6-7-9-18(17)21-5-2/h6-12,19H,4-5,13H2,1-3H3. The minimum atomic E-state index is 0.662. The first-order chi connectivity index (χ1) is 10.3. The summed E-state index contributed by atoms with van der Waals surface area (Å²) in [4.78, 5) is 0. The molecule has 0 amide bonds. The van der Waals surface area contributed by atoms with E-state index in [2.05, 4.69) is 30.4 Å². The fourth-order valence-electron chi connectivity index (χ4n) is 2.34. The maximum Gasteiger partial charge on any atom is 0.127 e. The molecule has 0 radical (unpaired) electrons. The van der Waals surface area contributed by atoms with Gasteiger partial charge >= 0.3 is 0 Å². The number of hydrogen-bond donors (Lipinski definition) is 1. The predicted molar refractivity (Wildman–Crippen MR) is 87.0 cm³/mol. The second-order valence-corrected chi connectivity index (χ2v) is 4.73. The quantitative estimate of drug-likeness (QED) is 0.837. The van der Waals surface area contributed by atoms with E-state index in [0.29, 0.717) is 6.61 Å². The molecule has 21 heavy (non-hydrogen) atoms. The van der Waals surface area contributed by atoms with Crippen LogP contribution in [0.1, 0.15) is 19.4 Å². The molecule has 2 aromatic rings. The normalized spacial score (nSPS) is 10.4. The fraction of sp³-hybridized carbons (Fsp3) is 0.333. The highest BCUT2D eigenvalue weighted by Gasteiger charge is 2.11. The van der Waals surface area contributed by atoms with Gasteiger partial charge in [0, 0.05) is 12.1 Å². The average Bonchev–Trinajstić information content (AvgIpc) is 2.53. The molecule has 0 aliphatic rings. The maximum atomic E-state index is 5.76. The molecule has 2 aromatic carbocycles. The molecule has 112 valence electrons. The lowest BCUT2D eigenvalue weighted by molar-refractivity contribution is 0.341. The van der Waals surface area contributed by atoms with Crippen LogP contribution in [-0.2, 0) is 6.54 Å². The number of benzene rings is 2. The van der Waals surface area contributed by atoms with Crippen LogP contribution in [0.25, 0.3) is 11.1 Å². The van der Waals surface area contributed by atoms with Crippen molar-refractivity contribution in [3.63, 3.8) is 0 Å². The average molecular weight is 285 g/mol. The number of rotatable bonds is 7. The zero-order valence-electron chi connectivity index (χ0n) is 13.0. The Hall–Kier alpha value is -2.00. The van der Waals surface area contributed by atoms with Crippen LogP contribution < -0.4 is 14.8 Å². The summed E-state index contributed by atoms with van der Waals surface area (Å²) >= 11 is 0. The molecule has 3 nitrogen and oxygen atoms in total. The molecule has 0 fully saturated rings. The van der Waals surface area contributed by atoms with Crippen molar-refractivity contribution in [2.45, 2.75) is 20.4 Å².